The summed E-state index contributed by atoms with van der Waals surface area (Å²) in [4.78, 5) is 17.7. The molecule has 0 aliphatic heterocycles. The highest BCUT2D eigenvalue weighted by molar-refractivity contribution is 7.15. The number of halogens is 1. The van der Waals surface area contributed by atoms with Crippen molar-refractivity contribution in [2.24, 2.45) is 5.92 Å². The van der Waals surface area contributed by atoms with Crippen LogP contribution >= 0.6 is 11.3 Å². The molecule has 2 atom stereocenters. The van der Waals surface area contributed by atoms with Crippen LogP contribution in [0.2, 0.25) is 0 Å². The lowest BCUT2D eigenvalue weighted by atomic mass is 10.1. The molecule has 2 aromatic rings. The molecular formula is C17H22FN3OS. The van der Waals surface area contributed by atoms with Crippen molar-refractivity contribution in [3.8, 4) is 10.6 Å². The van der Waals surface area contributed by atoms with Crippen molar-refractivity contribution in [3.63, 3.8) is 0 Å². The minimum Gasteiger partial charge on any atom is -0.348 e. The van der Waals surface area contributed by atoms with E-state index in [4.69, 9.17) is 0 Å². The third kappa shape index (κ3) is 4.36. The Morgan fingerprint density at radius 2 is 1.96 bits per heavy atom. The van der Waals surface area contributed by atoms with Crippen molar-refractivity contribution >= 4 is 17.2 Å². The van der Waals surface area contributed by atoms with Crippen LogP contribution < -0.4 is 10.6 Å². The van der Waals surface area contributed by atoms with Gasteiger partial charge in [-0.1, -0.05) is 6.92 Å². The third-order valence-corrected chi connectivity index (χ3v) is 5.02. The van der Waals surface area contributed by atoms with Gasteiger partial charge in [0.2, 0.25) is 5.91 Å². The molecule has 0 saturated heterocycles. The largest absolute Gasteiger partial charge is 0.348 e. The summed E-state index contributed by atoms with van der Waals surface area (Å²) in [6.45, 7) is 6.42. The molecule has 0 aliphatic carbocycles. The summed E-state index contributed by atoms with van der Waals surface area (Å²) in [5.41, 5.74) is 1.77. The fourth-order valence-corrected chi connectivity index (χ4v) is 3.42. The van der Waals surface area contributed by atoms with Gasteiger partial charge in [0, 0.05) is 18.0 Å². The fraction of sp³-hybridized carbons (Fsp3) is 0.412. The predicted molar refractivity (Wildman–Crippen MR) is 91.9 cm³/mol. The van der Waals surface area contributed by atoms with Gasteiger partial charge in [0.05, 0.1) is 16.6 Å². The van der Waals surface area contributed by atoms with Gasteiger partial charge < -0.3 is 10.6 Å². The Balaban J connectivity index is 2.14. The molecule has 1 amide bonds. The minimum absolute atomic E-state index is 0.0167. The van der Waals surface area contributed by atoms with E-state index in [0.717, 1.165) is 21.1 Å². The van der Waals surface area contributed by atoms with Crippen LogP contribution in [-0.4, -0.2) is 24.5 Å². The summed E-state index contributed by atoms with van der Waals surface area (Å²) < 4.78 is 13.0. The zero-order chi connectivity index (χ0) is 17.0. The first-order valence-electron chi connectivity index (χ1n) is 7.60. The highest BCUT2D eigenvalue weighted by atomic mass is 32.1. The molecule has 2 rings (SSSR count). The molecule has 4 nitrogen and oxygen atoms in total. The van der Waals surface area contributed by atoms with Crippen molar-refractivity contribution in [3.05, 3.63) is 40.7 Å². The van der Waals surface area contributed by atoms with E-state index >= 15 is 0 Å². The van der Waals surface area contributed by atoms with Gasteiger partial charge in [-0.05, 0) is 45.2 Å². The van der Waals surface area contributed by atoms with Gasteiger partial charge in [0.1, 0.15) is 10.8 Å². The van der Waals surface area contributed by atoms with Crippen molar-refractivity contribution in [1.29, 1.82) is 0 Å². The number of carbonyl (C=O) groups excluding carboxylic acids is 1. The first-order chi connectivity index (χ1) is 10.9. The molecule has 1 aromatic heterocycles. The number of rotatable bonds is 6. The lowest BCUT2D eigenvalue weighted by Gasteiger charge is -2.16. The summed E-state index contributed by atoms with van der Waals surface area (Å²) >= 11 is 1.53. The number of carbonyl (C=O) groups is 1. The maximum atomic E-state index is 13.0. The molecule has 23 heavy (non-hydrogen) atoms. The molecule has 0 spiro atoms. The number of hydrogen-bond acceptors (Lipinski definition) is 4. The molecule has 0 bridgehead atoms. The number of aromatic nitrogens is 1. The average Bonchev–Trinajstić information content (AvgIpc) is 2.90. The Labute approximate surface area is 140 Å². The number of thiazole rings is 1. The first kappa shape index (κ1) is 17.6. The van der Waals surface area contributed by atoms with E-state index in [2.05, 4.69) is 15.6 Å². The summed E-state index contributed by atoms with van der Waals surface area (Å²) in [6.07, 6.45) is 0. The van der Waals surface area contributed by atoms with Crippen LogP contribution in [0.4, 0.5) is 4.39 Å². The number of amides is 1. The van der Waals surface area contributed by atoms with Crippen LogP contribution in [0.1, 0.15) is 30.5 Å². The summed E-state index contributed by atoms with van der Waals surface area (Å²) in [5, 5.41) is 6.86. The van der Waals surface area contributed by atoms with E-state index in [1.54, 1.807) is 12.1 Å². The Hall–Kier alpha value is -1.79. The van der Waals surface area contributed by atoms with E-state index in [1.165, 1.54) is 23.5 Å². The highest BCUT2D eigenvalue weighted by Gasteiger charge is 2.19. The van der Waals surface area contributed by atoms with Gasteiger partial charge in [-0.3, -0.25) is 4.79 Å². The molecule has 0 fully saturated rings. The summed E-state index contributed by atoms with van der Waals surface area (Å²) in [5.74, 6) is -0.336. The molecule has 0 aliphatic rings. The normalized spacial score (nSPS) is 13.6. The van der Waals surface area contributed by atoms with Crippen LogP contribution in [-0.2, 0) is 4.79 Å². The molecule has 1 aromatic carbocycles. The second kappa shape index (κ2) is 7.66. The average molecular weight is 335 g/mol. The van der Waals surface area contributed by atoms with E-state index in [0.29, 0.717) is 6.54 Å². The Bertz CT molecular complexity index is 669. The van der Waals surface area contributed by atoms with Crippen LogP contribution in [0.5, 0.6) is 0 Å². The number of hydrogen-bond donors (Lipinski definition) is 2. The van der Waals surface area contributed by atoms with Gasteiger partial charge in [-0.25, -0.2) is 9.37 Å². The minimum atomic E-state index is -0.263. The molecule has 6 heteroatoms. The number of nitrogens with zero attached hydrogens (tertiary/aromatic N) is 1. The van der Waals surface area contributed by atoms with E-state index < -0.39 is 0 Å². The standard InChI is InChI=1S/C17H22FN3OS/c1-10(9-19-4)16(22)20-11(2)15-12(3)21-17(23-15)13-5-7-14(18)8-6-13/h5-8,10-11,19H,9H2,1-4H3,(H,20,22). The SMILES string of the molecule is CNCC(C)C(=O)NC(C)c1sc(-c2ccc(F)cc2)nc1C. The van der Waals surface area contributed by atoms with Crippen LogP contribution in [0.25, 0.3) is 10.6 Å². The Morgan fingerprint density at radius 1 is 1.30 bits per heavy atom. The van der Waals surface area contributed by atoms with E-state index in [9.17, 15) is 9.18 Å². The highest BCUT2D eigenvalue weighted by Crippen LogP contribution is 2.31. The fourth-order valence-electron chi connectivity index (χ4n) is 2.35. The van der Waals surface area contributed by atoms with Crippen LogP contribution in [0.15, 0.2) is 24.3 Å². The van der Waals surface area contributed by atoms with Gasteiger partial charge in [-0.15, -0.1) is 11.3 Å². The molecule has 124 valence electrons. The second-order valence-corrected chi connectivity index (χ2v) is 6.70. The van der Waals surface area contributed by atoms with Gasteiger partial charge in [-0.2, -0.15) is 0 Å². The maximum absolute atomic E-state index is 13.0. The van der Waals surface area contributed by atoms with Gasteiger partial charge >= 0.3 is 0 Å². The smallest absolute Gasteiger partial charge is 0.224 e. The van der Waals surface area contributed by atoms with Crippen molar-refractivity contribution in [2.45, 2.75) is 26.8 Å². The van der Waals surface area contributed by atoms with Gasteiger partial charge in [0.25, 0.3) is 0 Å². The Morgan fingerprint density at radius 3 is 2.57 bits per heavy atom. The summed E-state index contributed by atoms with van der Waals surface area (Å²) in [6, 6.07) is 6.19. The maximum Gasteiger partial charge on any atom is 0.224 e. The molecule has 2 unspecified atom stereocenters. The van der Waals surface area contributed by atoms with E-state index in [1.807, 2.05) is 27.8 Å². The topological polar surface area (TPSA) is 54.0 Å². The monoisotopic (exact) mass is 335 g/mol. The molecule has 0 radical (unpaired) electrons. The van der Waals surface area contributed by atoms with Crippen molar-refractivity contribution in [2.75, 3.05) is 13.6 Å². The van der Waals surface area contributed by atoms with Crippen molar-refractivity contribution < 1.29 is 9.18 Å². The van der Waals surface area contributed by atoms with Crippen LogP contribution in [0, 0.1) is 18.7 Å². The third-order valence-electron chi connectivity index (χ3n) is 3.63. The van der Waals surface area contributed by atoms with Crippen molar-refractivity contribution in [1.82, 2.24) is 15.6 Å². The molecule has 1 heterocycles. The first-order valence-corrected chi connectivity index (χ1v) is 8.42. The quantitative estimate of drug-likeness (QED) is 0.852. The lowest BCUT2D eigenvalue weighted by molar-refractivity contribution is -0.125. The van der Waals surface area contributed by atoms with Gasteiger partial charge in [0.15, 0.2) is 0 Å². The Kier molecular flexibility index (Phi) is 5.85. The molecular weight excluding hydrogens is 313 g/mol. The number of aryl methyl sites for hydroxylation is 1. The number of benzene rings is 1. The predicted octanol–water partition coefficient (Wildman–Crippen LogP) is 3.29. The molecule has 0 saturated carbocycles. The zero-order valence-electron chi connectivity index (χ0n) is 13.8. The summed E-state index contributed by atoms with van der Waals surface area (Å²) in [7, 11) is 1.83. The van der Waals surface area contributed by atoms with E-state index in [-0.39, 0.29) is 23.7 Å². The van der Waals surface area contributed by atoms with Crippen LogP contribution in [0.3, 0.4) is 0 Å². The zero-order valence-corrected chi connectivity index (χ0v) is 14.6. The number of nitrogens with one attached hydrogen (secondary N) is 2. The second-order valence-electron chi connectivity index (χ2n) is 5.66. The lowest BCUT2D eigenvalue weighted by Crippen LogP contribution is -2.35. The molecule has 2 N–H and O–H groups in total.